The average molecular weight is 201 g/mol. The molecular weight excluding hydrogens is 174 g/mol. The van der Waals surface area contributed by atoms with Crippen LogP contribution in [0.5, 0.6) is 0 Å². The SMILES string of the molecule is CCCCCCCCC(C)[N+](C)(C)[O-]. The number of hydroxylamine groups is 3. The van der Waals surface area contributed by atoms with Crippen LogP contribution >= 0.6 is 0 Å². The molecule has 0 aliphatic heterocycles. The maximum Gasteiger partial charge on any atom is 0.0854 e. The summed E-state index contributed by atoms with van der Waals surface area (Å²) in [6, 6.07) is 0.251. The number of hydrogen-bond acceptors (Lipinski definition) is 1. The van der Waals surface area contributed by atoms with Crippen LogP contribution in [-0.2, 0) is 0 Å². The molecule has 0 aliphatic carbocycles. The zero-order valence-electron chi connectivity index (χ0n) is 10.4. The van der Waals surface area contributed by atoms with Crippen molar-refractivity contribution in [2.24, 2.45) is 0 Å². The molecule has 1 atom stereocenters. The van der Waals surface area contributed by atoms with Crippen LogP contribution in [0.3, 0.4) is 0 Å². The highest BCUT2D eigenvalue weighted by atomic mass is 16.5. The third-order valence-corrected chi connectivity index (χ3v) is 3.04. The molecule has 0 aromatic rings. The second-order valence-electron chi connectivity index (χ2n) is 4.84. The minimum Gasteiger partial charge on any atom is -0.633 e. The Balaban J connectivity index is 3.28. The van der Waals surface area contributed by atoms with Crippen LogP contribution in [-0.4, -0.2) is 24.8 Å². The molecule has 0 aromatic heterocycles. The second-order valence-corrected chi connectivity index (χ2v) is 4.84. The number of quaternary nitrogens is 1. The molecule has 0 rings (SSSR count). The second kappa shape index (κ2) is 7.24. The lowest BCUT2D eigenvalue weighted by molar-refractivity contribution is -0.864. The van der Waals surface area contributed by atoms with Crippen molar-refractivity contribution in [1.82, 2.24) is 0 Å². The molecule has 14 heavy (non-hydrogen) atoms. The van der Waals surface area contributed by atoms with Gasteiger partial charge in [0.25, 0.3) is 0 Å². The van der Waals surface area contributed by atoms with Crippen molar-refractivity contribution in [1.29, 1.82) is 0 Å². The fourth-order valence-corrected chi connectivity index (χ4v) is 1.53. The van der Waals surface area contributed by atoms with Gasteiger partial charge < -0.3 is 9.85 Å². The fraction of sp³-hybridized carbons (Fsp3) is 1.00. The highest BCUT2D eigenvalue weighted by Gasteiger charge is 2.12. The summed E-state index contributed by atoms with van der Waals surface area (Å²) in [6.07, 6.45) is 8.95. The maximum atomic E-state index is 11.5. The Labute approximate surface area is 89.5 Å². The summed E-state index contributed by atoms with van der Waals surface area (Å²) in [5.41, 5.74) is 0. The molecule has 1 unspecified atom stereocenters. The van der Waals surface area contributed by atoms with E-state index < -0.39 is 0 Å². The molecule has 0 saturated heterocycles. The Morgan fingerprint density at radius 2 is 1.50 bits per heavy atom. The minimum atomic E-state index is -0.144. The minimum absolute atomic E-state index is 0.144. The number of nitrogens with zero attached hydrogens (tertiary/aromatic N) is 1. The van der Waals surface area contributed by atoms with Crippen molar-refractivity contribution in [3.63, 3.8) is 0 Å². The van der Waals surface area contributed by atoms with Crippen molar-refractivity contribution in [3.8, 4) is 0 Å². The molecule has 0 fully saturated rings. The number of unbranched alkanes of at least 4 members (excludes halogenated alkanes) is 5. The van der Waals surface area contributed by atoms with E-state index in [9.17, 15) is 5.21 Å². The van der Waals surface area contributed by atoms with Gasteiger partial charge >= 0.3 is 0 Å². The van der Waals surface area contributed by atoms with Crippen molar-refractivity contribution >= 4 is 0 Å². The average Bonchev–Trinajstić information content (AvgIpc) is 2.09. The van der Waals surface area contributed by atoms with Crippen molar-refractivity contribution in [3.05, 3.63) is 5.21 Å². The third kappa shape index (κ3) is 7.34. The van der Waals surface area contributed by atoms with Gasteiger partial charge in [0.15, 0.2) is 0 Å². The standard InChI is InChI=1S/C12H27NO/c1-5-6-7-8-9-10-11-12(2)13(3,4)14/h12H,5-11H2,1-4H3. The van der Waals surface area contributed by atoms with Gasteiger partial charge in [-0.05, 0) is 19.8 Å². The van der Waals surface area contributed by atoms with Crippen molar-refractivity contribution < 1.29 is 4.65 Å². The first kappa shape index (κ1) is 13.9. The van der Waals surface area contributed by atoms with Gasteiger partial charge in [-0.3, -0.25) is 0 Å². The highest BCUT2D eigenvalue weighted by molar-refractivity contribution is 4.53. The van der Waals surface area contributed by atoms with Gasteiger partial charge in [0.2, 0.25) is 0 Å². The van der Waals surface area contributed by atoms with Gasteiger partial charge in [0, 0.05) is 0 Å². The predicted octanol–water partition coefficient (Wildman–Crippen LogP) is 3.70. The normalized spacial score (nSPS) is 14.4. The summed E-state index contributed by atoms with van der Waals surface area (Å²) in [5, 5.41) is 11.5. The van der Waals surface area contributed by atoms with Gasteiger partial charge in [-0.15, -0.1) is 0 Å². The molecule has 0 radical (unpaired) electrons. The topological polar surface area (TPSA) is 23.1 Å². The lowest BCUT2D eigenvalue weighted by Gasteiger charge is -2.40. The molecule has 0 aromatic carbocycles. The molecule has 0 heterocycles. The maximum absolute atomic E-state index is 11.5. The number of hydrogen-bond donors (Lipinski definition) is 0. The molecule has 0 spiro atoms. The van der Waals surface area contributed by atoms with E-state index in [1.54, 1.807) is 14.1 Å². The van der Waals surface area contributed by atoms with Gasteiger partial charge in [-0.25, -0.2) is 0 Å². The molecule has 0 saturated carbocycles. The molecule has 0 amide bonds. The lowest BCUT2D eigenvalue weighted by Crippen LogP contribution is -2.41. The number of rotatable bonds is 8. The van der Waals surface area contributed by atoms with Crippen LogP contribution in [0.15, 0.2) is 0 Å². The zero-order chi connectivity index (χ0) is 11.0. The zero-order valence-corrected chi connectivity index (χ0v) is 10.4. The summed E-state index contributed by atoms with van der Waals surface area (Å²) in [5.74, 6) is 0. The van der Waals surface area contributed by atoms with Crippen LogP contribution in [0.4, 0.5) is 0 Å². The van der Waals surface area contributed by atoms with E-state index in [-0.39, 0.29) is 10.7 Å². The smallest absolute Gasteiger partial charge is 0.0854 e. The van der Waals surface area contributed by atoms with Crippen molar-refractivity contribution in [2.75, 3.05) is 14.1 Å². The van der Waals surface area contributed by atoms with Crippen LogP contribution in [0.2, 0.25) is 0 Å². The fourth-order valence-electron chi connectivity index (χ4n) is 1.53. The third-order valence-electron chi connectivity index (χ3n) is 3.04. The first-order valence-corrected chi connectivity index (χ1v) is 6.03. The van der Waals surface area contributed by atoms with Gasteiger partial charge in [-0.2, -0.15) is 0 Å². The van der Waals surface area contributed by atoms with Gasteiger partial charge in [0.1, 0.15) is 0 Å². The monoisotopic (exact) mass is 201 g/mol. The van der Waals surface area contributed by atoms with E-state index in [4.69, 9.17) is 0 Å². The molecule has 0 aliphatic rings. The summed E-state index contributed by atoms with van der Waals surface area (Å²) in [7, 11) is 3.48. The van der Waals surface area contributed by atoms with Gasteiger partial charge in [-0.1, -0.05) is 39.0 Å². The van der Waals surface area contributed by atoms with Crippen LogP contribution < -0.4 is 0 Å². The summed E-state index contributed by atoms with van der Waals surface area (Å²) < 4.78 is -0.144. The van der Waals surface area contributed by atoms with Crippen molar-refractivity contribution in [2.45, 2.75) is 64.8 Å². The summed E-state index contributed by atoms with van der Waals surface area (Å²) in [6.45, 7) is 4.29. The Kier molecular flexibility index (Phi) is 7.20. The van der Waals surface area contributed by atoms with E-state index in [1.165, 1.54) is 38.5 Å². The Morgan fingerprint density at radius 3 is 2.00 bits per heavy atom. The first-order chi connectivity index (χ1) is 6.48. The molecule has 0 N–H and O–H groups in total. The molecule has 0 bridgehead atoms. The van der Waals surface area contributed by atoms with E-state index in [1.807, 2.05) is 0 Å². The van der Waals surface area contributed by atoms with Crippen LogP contribution in [0.1, 0.15) is 58.8 Å². The predicted molar refractivity (Wildman–Crippen MR) is 62.9 cm³/mol. The first-order valence-electron chi connectivity index (χ1n) is 6.03. The summed E-state index contributed by atoms with van der Waals surface area (Å²) in [4.78, 5) is 0. The van der Waals surface area contributed by atoms with Crippen LogP contribution in [0, 0.1) is 5.21 Å². The van der Waals surface area contributed by atoms with E-state index >= 15 is 0 Å². The van der Waals surface area contributed by atoms with Crippen LogP contribution in [0.25, 0.3) is 0 Å². The summed E-state index contributed by atoms with van der Waals surface area (Å²) >= 11 is 0. The Bertz CT molecular complexity index is 129. The van der Waals surface area contributed by atoms with E-state index in [0.717, 1.165) is 6.42 Å². The van der Waals surface area contributed by atoms with Gasteiger partial charge in [0.05, 0.1) is 20.1 Å². The van der Waals surface area contributed by atoms with E-state index in [2.05, 4.69) is 13.8 Å². The molecule has 2 nitrogen and oxygen atoms in total. The molecular formula is C12H27NO. The van der Waals surface area contributed by atoms with E-state index in [0.29, 0.717) is 0 Å². The Hall–Kier alpha value is -0.0800. The highest BCUT2D eigenvalue weighted by Crippen LogP contribution is 2.13. The molecule has 2 heteroatoms. The lowest BCUT2D eigenvalue weighted by atomic mass is 10.1. The quantitative estimate of drug-likeness (QED) is 0.333. The molecule has 86 valence electrons. The largest absolute Gasteiger partial charge is 0.633 e. The Morgan fingerprint density at radius 1 is 1.00 bits per heavy atom.